The molecule has 1 heterocycles. The molecule has 0 aliphatic heterocycles. The number of nitrogens with two attached hydrogens (primary N) is 2. The van der Waals surface area contributed by atoms with E-state index < -0.39 is 5.91 Å². The summed E-state index contributed by atoms with van der Waals surface area (Å²) in [6, 6.07) is -0.314. The molecule has 0 aliphatic carbocycles. The Kier molecular flexibility index (Phi) is 2.97. The summed E-state index contributed by atoms with van der Waals surface area (Å²) in [7, 11) is 0. The minimum atomic E-state index is -0.710. The number of amides is 1. The summed E-state index contributed by atoms with van der Waals surface area (Å²) < 4.78 is 4.75. The van der Waals surface area contributed by atoms with Gasteiger partial charge in [-0.2, -0.15) is 4.98 Å². The number of rotatable bonds is 4. The maximum absolute atomic E-state index is 10.6. The van der Waals surface area contributed by atoms with Gasteiger partial charge in [0, 0.05) is 0 Å². The van der Waals surface area contributed by atoms with E-state index in [1.165, 1.54) is 0 Å². The Morgan fingerprint density at radius 3 is 2.85 bits per heavy atom. The first-order chi connectivity index (χ1) is 6.15. The van der Waals surface area contributed by atoms with Crippen LogP contribution in [0.5, 0.6) is 0 Å². The van der Waals surface area contributed by atoms with Crippen LogP contribution in [0.15, 0.2) is 4.52 Å². The quantitative estimate of drug-likeness (QED) is 0.682. The van der Waals surface area contributed by atoms with Gasteiger partial charge in [-0.3, -0.25) is 4.79 Å². The molecule has 0 bridgehead atoms. The molecular weight excluding hydrogens is 172 g/mol. The maximum atomic E-state index is 10.6. The monoisotopic (exact) mass is 184 g/mol. The molecule has 0 spiro atoms. The molecule has 1 atom stereocenters. The first kappa shape index (κ1) is 9.66. The second kappa shape index (κ2) is 3.99. The van der Waals surface area contributed by atoms with E-state index in [2.05, 4.69) is 10.1 Å². The number of hydrogen-bond donors (Lipinski definition) is 2. The maximum Gasteiger partial charge on any atom is 0.290 e. The highest BCUT2D eigenvalue weighted by Gasteiger charge is 2.16. The van der Waals surface area contributed by atoms with Crippen molar-refractivity contribution in [3.05, 3.63) is 11.7 Å². The topological polar surface area (TPSA) is 108 Å². The number of aromatic nitrogens is 2. The lowest BCUT2D eigenvalue weighted by Crippen LogP contribution is -2.14. The summed E-state index contributed by atoms with van der Waals surface area (Å²) in [6.45, 7) is 1.99. The fourth-order valence-electron chi connectivity index (χ4n) is 0.920. The van der Waals surface area contributed by atoms with E-state index >= 15 is 0 Å². The van der Waals surface area contributed by atoms with Crippen LogP contribution in [-0.4, -0.2) is 16.0 Å². The van der Waals surface area contributed by atoms with Gasteiger partial charge in [0.25, 0.3) is 11.7 Å². The second-order valence-electron chi connectivity index (χ2n) is 2.72. The molecule has 0 radical (unpaired) electrons. The number of nitrogens with zero attached hydrogens (tertiary/aromatic N) is 2. The van der Waals surface area contributed by atoms with Crippen molar-refractivity contribution in [2.75, 3.05) is 0 Å². The number of carbonyl (C=O) groups is 1. The van der Waals surface area contributed by atoms with Crippen LogP contribution in [0.25, 0.3) is 0 Å². The molecule has 0 aliphatic rings. The molecule has 0 unspecified atom stereocenters. The van der Waals surface area contributed by atoms with E-state index in [0.29, 0.717) is 0 Å². The second-order valence-corrected chi connectivity index (χ2v) is 2.72. The number of primary amides is 1. The lowest BCUT2D eigenvalue weighted by Gasteiger charge is -2.01. The zero-order valence-electron chi connectivity index (χ0n) is 7.36. The summed E-state index contributed by atoms with van der Waals surface area (Å²) in [6.07, 6.45) is 1.65. The fourth-order valence-corrected chi connectivity index (χ4v) is 0.920. The predicted molar refractivity (Wildman–Crippen MR) is 44.7 cm³/mol. The first-order valence-electron chi connectivity index (χ1n) is 4.04. The minimum absolute atomic E-state index is 0.124. The highest BCUT2D eigenvalue weighted by atomic mass is 16.5. The molecule has 72 valence electrons. The molecule has 1 aromatic heterocycles. The van der Waals surface area contributed by atoms with E-state index in [1.54, 1.807) is 0 Å². The Morgan fingerprint density at radius 2 is 2.38 bits per heavy atom. The molecule has 6 heteroatoms. The third-order valence-electron chi connectivity index (χ3n) is 1.58. The summed E-state index contributed by atoms with van der Waals surface area (Å²) in [4.78, 5) is 14.3. The first-order valence-corrected chi connectivity index (χ1v) is 4.04. The van der Waals surface area contributed by atoms with Gasteiger partial charge in [0.05, 0.1) is 6.04 Å². The molecule has 0 aromatic carbocycles. The molecule has 0 saturated carbocycles. The fraction of sp³-hybridized carbons (Fsp3) is 0.571. The zero-order chi connectivity index (χ0) is 9.84. The average Bonchev–Trinajstić information content (AvgIpc) is 2.52. The van der Waals surface area contributed by atoms with E-state index in [4.69, 9.17) is 16.0 Å². The largest absolute Gasteiger partial charge is 0.363 e. The lowest BCUT2D eigenvalue weighted by molar-refractivity contribution is 0.0987. The standard InChI is InChI=1S/C7H12N4O2/c1-2-3-4(8)7-10-6(5(9)12)11-13-7/h4H,2-3,8H2,1H3,(H2,9,12)/t4-/m0/s1. The molecule has 6 nitrogen and oxygen atoms in total. The predicted octanol–water partition coefficient (Wildman–Crippen LogP) is -0.0316. The van der Waals surface area contributed by atoms with Gasteiger partial charge in [-0.15, -0.1) is 0 Å². The summed E-state index contributed by atoms with van der Waals surface area (Å²) in [5.41, 5.74) is 10.6. The van der Waals surface area contributed by atoms with Gasteiger partial charge in [0.2, 0.25) is 5.89 Å². The lowest BCUT2D eigenvalue weighted by atomic mass is 10.2. The highest BCUT2D eigenvalue weighted by molar-refractivity contribution is 5.88. The van der Waals surface area contributed by atoms with Crippen LogP contribution in [0.2, 0.25) is 0 Å². The van der Waals surface area contributed by atoms with Gasteiger partial charge in [-0.1, -0.05) is 18.5 Å². The third-order valence-corrected chi connectivity index (χ3v) is 1.58. The molecule has 1 amide bonds. The van der Waals surface area contributed by atoms with Gasteiger partial charge in [0.1, 0.15) is 0 Å². The van der Waals surface area contributed by atoms with Gasteiger partial charge in [0.15, 0.2) is 0 Å². The third kappa shape index (κ3) is 2.25. The highest BCUT2D eigenvalue weighted by Crippen LogP contribution is 2.12. The van der Waals surface area contributed by atoms with Crippen molar-refractivity contribution in [1.82, 2.24) is 10.1 Å². The van der Waals surface area contributed by atoms with Gasteiger partial charge >= 0.3 is 0 Å². The Morgan fingerprint density at radius 1 is 1.69 bits per heavy atom. The van der Waals surface area contributed by atoms with Crippen molar-refractivity contribution in [1.29, 1.82) is 0 Å². The van der Waals surface area contributed by atoms with Crippen LogP contribution in [0, 0.1) is 0 Å². The van der Waals surface area contributed by atoms with Crippen molar-refractivity contribution in [3.63, 3.8) is 0 Å². The van der Waals surface area contributed by atoms with Crippen LogP contribution < -0.4 is 11.5 Å². The van der Waals surface area contributed by atoms with E-state index in [0.717, 1.165) is 12.8 Å². The average molecular weight is 184 g/mol. The summed E-state index contributed by atoms with van der Waals surface area (Å²) in [5.74, 6) is -0.573. The van der Waals surface area contributed by atoms with Crippen LogP contribution in [0.4, 0.5) is 0 Å². The smallest absolute Gasteiger partial charge is 0.290 e. The summed E-state index contributed by atoms with van der Waals surface area (Å²) in [5, 5.41) is 3.38. The van der Waals surface area contributed by atoms with Crippen molar-refractivity contribution in [2.45, 2.75) is 25.8 Å². The van der Waals surface area contributed by atoms with Crippen molar-refractivity contribution in [3.8, 4) is 0 Å². The van der Waals surface area contributed by atoms with Crippen LogP contribution in [0.3, 0.4) is 0 Å². The molecule has 1 aromatic rings. The Labute approximate surface area is 75.3 Å². The summed E-state index contributed by atoms with van der Waals surface area (Å²) >= 11 is 0. The van der Waals surface area contributed by atoms with Crippen molar-refractivity contribution < 1.29 is 9.32 Å². The van der Waals surface area contributed by atoms with E-state index in [1.807, 2.05) is 6.92 Å². The normalized spacial score (nSPS) is 12.8. The molecular formula is C7H12N4O2. The Hall–Kier alpha value is -1.43. The SMILES string of the molecule is CCC[C@H](N)c1nc(C(N)=O)no1. The van der Waals surface area contributed by atoms with Crippen molar-refractivity contribution in [2.24, 2.45) is 11.5 Å². The van der Waals surface area contributed by atoms with E-state index in [-0.39, 0.29) is 17.8 Å². The van der Waals surface area contributed by atoms with Gasteiger partial charge in [-0.25, -0.2) is 0 Å². The minimum Gasteiger partial charge on any atom is -0.363 e. The Balaban J connectivity index is 2.73. The molecule has 1 rings (SSSR count). The van der Waals surface area contributed by atoms with Gasteiger partial charge < -0.3 is 16.0 Å². The van der Waals surface area contributed by atoms with Crippen LogP contribution in [-0.2, 0) is 0 Å². The van der Waals surface area contributed by atoms with Crippen molar-refractivity contribution >= 4 is 5.91 Å². The number of hydrogen-bond acceptors (Lipinski definition) is 5. The van der Waals surface area contributed by atoms with Gasteiger partial charge in [-0.05, 0) is 6.42 Å². The molecule has 4 N–H and O–H groups in total. The van der Waals surface area contributed by atoms with Crippen LogP contribution >= 0.6 is 0 Å². The number of carbonyl (C=O) groups excluding carboxylic acids is 1. The molecule has 0 fully saturated rings. The molecule has 13 heavy (non-hydrogen) atoms. The zero-order valence-corrected chi connectivity index (χ0v) is 7.36. The Bertz CT molecular complexity index is 296. The molecule has 0 saturated heterocycles. The van der Waals surface area contributed by atoms with Crippen LogP contribution in [0.1, 0.15) is 42.3 Å². The van der Waals surface area contributed by atoms with E-state index in [9.17, 15) is 4.79 Å².